The highest BCUT2D eigenvalue weighted by molar-refractivity contribution is 5.43. The maximum absolute atomic E-state index is 13.3. The van der Waals surface area contributed by atoms with Gasteiger partial charge in [-0.05, 0) is 61.7 Å². The predicted molar refractivity (Wildman–Crippen MR) is 124 cm³/mol. The number of benzene rings is 1. The number of rotatable bonds is 8. The third kappa shape index (κ3) is 6.90. The smallest absolute Gasteiger partial charge is 0.376 e. The van der Waals surface area contributed by atoms with Gasteiger partial charge >= 0.3 is 12.4 Å². The first-order valence-corrected chi connectivity index (χ1v) is 11.9. The molecule has 0 spiro atoms. The maximum Gasteiger partial charge on any atom is 0.423 e. The van der Waals surface area contributed by atoms with Crippen LogP contribution in [0.3, 0.4) is 0 Å². The molecule has 2 aliphatic rings. The van der Waals surface area contributed by atoms with Crippen LogP contribution in [0.15, 0.2) is 71.0 Å². The largest absolute Gasteiger partial charge is 0.423 e. The average Bonchev–Trinajstić information content (AvgIpc) is 3.04. The van der Waals surface area contributed by atoms with Gasteiger partial charge in [-0.15, -0.1) is 5.73 Å². The molecule has 1 saturated carbocycles. The van der Waals surface area contributed by atoms with Crippen LogP contribution in [0.1, 0.15) is 45.1 Å². The van der Waals surface area contributed by atoms with E-state index in [1.165, 1.54) is 0 Å². The number of alkyl halides is 6. The lowest BCUT2D eigenvalue weighted by atomic mass is 9.68. The van der Waals surface area contributed by atoms with Gasteiger partial charge in [0, 0.05) is 11.5 Å². The molecule has 0 radical (unpaired) electrons. The number of hydrogen-bond acceptors (Lipinski definition) is 2. The maximum atomic E-state index is 13.3. The summed E-state index contributed by atoms with van der Waals surface area (Å²) in [6.45, 7) is 5.89. The van der Waals surface area contributed by atoms with Gasteiger partial charge in [-0.1, -0.05) is 50.6 Å². The minimum absolute atomic E-state index is 0.190. The van der Waals surface area contributed by atoms with Gasteiger partial charge in [0.05, 0.1) is 24.4 Å². The van der Waals surface area contributed by atoms with E-state index in [0.29, 0.717) is 24.3 Å². The van der Waals surface area contributed by atoms with Crippen LogP contribution in [-0.4, -0.2) is 49.6 Å². The standard InChI is InChI=1S/C27H31F6NO/c1-3-34(4-2)24-11-8-14-25(17-24,21-9-6-5-7-10-21)19-35-18-20-15-22(26(28,29)30)12-13-23(16-20)27(31,32)33/h5-7,9-10,12,15-16,24H,3-4,8,11,14,17-19H2,1-2H3. The number of hydrogen-bond donors (Lipinski definition) is 0. The van der Waals surface area contributed by atoms with Gasteiger partial charge in [0.2, 0.25) is 0 Å². The van der Waals surface area contributed by atoms with Crippen LogP contribution in [0.25, 0.3) is 0 Å². The Bertz CT molecular complexity index is 981. The monoisotopic (exact) mass is 499 g/mol. The molecule has 2 unspecified atom stereocenters. The quantitative estimate of drug-likeness (QED) is 0.275. The Morgan fingerprint density at radius 2 is 1.69 bits per heavy atom. The number of halogens is 6. The number of nitrogens with zero attached hydrogens (tertiary/aromatic N) is 1. The summed E-state index contributed by atoms with van der Waals surface area (Å²) in [4.78, 5) is 2.40. The fourth-order valence-corrected chi connectivity index (χ4v) is 5.09. The SMILES string of the molecule is CCN(CC)C1CCCC(COCC2=CC(C(F)(F)F)=C=CC(C(F)(F)F)=C2)(c2ccccc2)C1. The van der Waals surface area contributed by atoms with Gasteiger partial charge in [-0.2, -0.15) is 26.3 Å². The minimum atomic E-state index is -4.82. The summed E-state index contributed by atoms with van der Waals surface area (Å²) in [5.74, 6) is 0. The zero-order valence-electron chi connectivity index (χ0n) is 20.0. The van der Waals surface area contributed by atoms with Crippen molar-refractivity contribution >= 4 is 0 Å². The summed E-state index contributed by atoms with van der Waals surface area (Å²) in [5, 5.41) is 0. The Labute approximate surface area is 202 Å². The third-order valence-corrected chi connectivity index (χ3v) is 6.87. The van der Waals surface area contributed by atoms with Gasteiger partial charge in [-0.3, -0.25) is 0 Å². The van der Waals surface area contributed by atoms with Crippen molar-refractivity contribution in [1.82, 2.24) is 4.90 Å². The molecule has 3 rings (SSSR count). The van der Waals surface area contributed by atoms with E-state index < -0.39 is 23.5 Å². The Morgan fingerprint density at radius 3 is 2.29 bits per heavy atom. The van der Waals surface area contributed by atoms with Gasteiger partial charge in [0.15, 0.2) is 0 Å². The van der Waals surface area contributed by atoms with E-state index in [1.807, 2.05) is 30.3 Å². The van der Waals surface area contributed by atoms with Crippen LogP contribution in [0.2, 0.25) is 0 Å². The molecule has 2 nitrogen and oxygen atoms in total. The highest BCUT2D eigenvalue weighted by Gasteiger charge is 2.40. The molecule has 0 bridgehead atoms. The van der Waals surface area contributed by atoms with Crippen molar-refractivity contribution in [3.8, 4) is 0 Å². The molecule has 1 aromatic carbocycles. The van der Waals surface area contributed by atoms with Crippen molar-refractivity contribution in [3.63, 3.8) is 0 Å². The lowest BCUT2D eigenvalue weighted by Crippen LogP contribution is -2.46. The van der Waals surface area contributed by atoms with E-state index in [4.69, 9.17) is 4.74 Å². The first kappa shape index (κ1) is 27.3. The zero-order valence-corrected chi connectivity index (χ0v) is 20.0. The second-order valence-corrected chi connectivity index (χ2v) is 9.13. The van der Waals surface area contributed by atoms with Gasteiger partial charge in [0.25, 0.3) is 0 Å². The van der Waals surface area contributed by atoms with Crippen molar-refractivity contribution in [2.75, 3.05) is 26.3 Å². The molecule has 0 amide bonds. The molecule has 2 aliphatic carbocycles. The molecule has 35 heavy (non-hydrogen) atoms. The van der Waals surface area contributed by atoms with E-state index in [2.05, 4.69) is 18.7 Å². The Morgan fingerprint density at radius 1 is 1.00 bits per heavy atom. The second-order valence-electron chi connectivity index (χ2n) is 9.13. The van der Waals surface area contributed by atoms with E-state index in [9.17, 15) is 26.3 Å². The normalized spacial score (nSPS) is 23.6. The molecule has 0 aromatic heterocycles. The average molecular weight is 500 g/mol. The zero-order chi connectivity index (χ0) is 25.7. The number of allylic oxidation sites excluding steroid dienone is 3. The Kier molecular flexibility index (Phi) is 8.73. The molecule has 0 heterocycles. The van der Waals surface area contributed by atoms with Crippen molar-refractivity contribution in [2.45, 2.75) is 63.3 Å². The molecule has 1 fully saturated rings. The second kappa shape index (κ2) is 11.2. The van der Waals surface area contributed by atoms with Crippen LogP contribution in [0.5, 0.6) is 0 Å². The molecule has 0 N–H and O–H groups in total. The predicted octanol–water partition coefficient (Wildman–Crippen LogP) is 7.30. The summed E-state index contributed by atoms with van der Waals surface area (Å²) in [6, 6.07) is 10.2. The molecule has 0 saturated heterocycles. The van der Waals surface area contributed by atoms with E-state index >= 15 is 0 Å². The van der Waals surface area contributed by atoms with E-state index in [1.54, 1.807) is 5.73 Å². The third-order valence-electron chi connectivity index (χ3n) is 6.87. The molecular formula is C27H31F6NO. The topological polar surface area (TPSA) is 12.5 Å². The lowest BCUT2D eigenvalue weighted by molar-refractivity contribution is -0.0898. The van der Waals surface area contributed by atoms with Crippen LogP contribution in [0, 0.1) is 0 Å². The number of ether oxygens (including phenoxy) is 1. The molecule has 8 heteroatoms. The van der Waals surface area contributed by atoms with Crippen molar-refractivity contribution in [2.24, 2.45) is 0 Å². The fourth-order valence-electron chi connectivity index (χ4n) is 5.09. The summed E-state index contributed by atoms with van der Waals surface area (Å²) < 4.78 is 85.7. The van der Waals surface area contributed by atoms with Crippen molar-refractivity contribution in [1.29, 1.82) is 0 Å². The summed E-state index contributed by atoms with van der Waals surface area (Å²) in [6.07, 6.45) is -4.21. The lowest BCUT2D eigenvalue weighted by Gasteiger charge is -2.45. The Balaban J connectivity index is 1.85. The van der Waals surface area contributed by atoms with Crippen molar-refractivity contribution in [3.05, 3.63) is 76.6 Å². The summed E-state index contributed by atoms with van der Waals surface area (Å²) in [7, 11) is 0. The van der Waals surface area contributed by atoms with Crippen LogP contribution in [-0.2, 0) is 10.2 Å². The van der Waals surface area contributed by atoms with Crippen LogP contribution in [0.4, 0.5) is 26.3 Å². The molecule has 0 aliphatic heterocycles. The van der Waals surface area contributed by atoms with Crippen molar-refractivity contribution < 1.29 is 31.1 Å². The minimum Gasteiger partial charge on any atom is -0.376 e. The van der Waals surface area contributed by atoms with Crippen LogP contribution < -0.4 is 0 Å². The van der Waals surface area contributed by atoms with Gasteiger partial charge in [0.1, 0.15) is 0 Å². The summed E-state index contributed by atoms with van der Waals surface area (Å²) >= 11 is 0. The van der Waals surface area contributed by atoms with E-state index in [-0.39, 0.29) is 24.2 Å². The first-order valence-electron chi connectivity index (χ1n) is 11.9. The molecular weight excluding hydrogens is 468 g/mol. The summed E-state index contributed by atoms with van der Waals surface area (Å²) in [5.41, 5.74) is -0.174. The van der Waals surface area contributed by atoms with Gasteiger partial charge in [-0.25, -0.2) is 0 Å². The molecule has 2 atom stereocenters. The Hall–Kier alpha value is -2.28. The first-order chi connectivity index (χ1) is 16.5. The highest BCUT2D eigenvalue weighted by Crippen LogP contribution is 2.42. The molecule has 192 valence electrons. The fraction of sp³-hybridized carbons (Fsp3) is 0.519. The van der Waals surface area contributed by atoms with Gasteiger partial charge < -0.3 is 9.64 Å². The highest BCUT2D eigenvalue weighted by atomic mass is 19.4. The van der Waals surface area contributed by atoms with E-state index in [0.717, 1.165) is 44.3 Å². The van der Waals surface area contributed by atoms with Crippen LogP contribution >= 0.6 is 0 Å². The molecule has 1 aromatic rings.